The monoisotopic (exact) mass is 345 g/mol. The van der Waals surface area contributed by atoms with Crippen LogP contribution in [0.5, 0.6) is 0 Å². The highest BCUT2D eigenvalue weighted by molar-refractivity contribution is 6.01. The van der Waals surface area contributed by atoms with Gasteiger partial charge in [0.25, 0.3) is 5.91 Å². The van der Waals surface area contributed by atoms with E-state index < -0.39 is 12.1 Å². The molecule has 0 aromatic heterocycles. The van der Waals surface area contributed by atoms with Gasteiger partial charge < -0.3 is 9.64 Å². The summed E-state index contributed by atoms with van der Waals surface area (Å²) >= 11 is 0. The van der Waals surface area contributed by atoms with Crippen LogP contribution in [0.25, 0.3) is 10.8 Å². The molecule has 4 nitrogen and oxygen atoms in total. The summed E-state index contributed by atoms with van der Waals surface area (Å²) in [7, 11) is 0. The van der Waals surface area contributed by atoms with Crippen molar-refractivity contribution in [3.63, 3.8) is 0 Å². The van der Waals surface area contributed by atoms with Gasteiger partial charge >= 0.3 is 5.97 Å². The summed E-state index contributed by atoms with van der Waals surface area (Å²) in [6, 6.07) is 21.0. The van der Waals surface area contributed by atoms with Crippen LogP contribution in [0.1, 0.15) is 22.8 Å². The number of hydrogen-bond acceptors (Lipinski definition) is 3. The van der Waals surface area contributed by atoms with Crippen molar-refractivity contribution in [1.82, 2.24) is 0 Å². The van der Waals surface area contributed by atoms with Crippen molar-refractivity contribution in [1.29, 1.82) is 0 Å². The Hall–Kier alpha value is -3.14. The number of hydrogen-bond donors (Lipinski definition) is 0. The van der Waals surface area contributed by atoms with Gasteiger partial charge in [-0.1, -0.05) is 48.5 Å². The molecular weight excluding hydrogens is 326 g/mol. The fourth-order valence-electron chi connectivity index (χ4n) is 3.38. The molecule has 0 saturated heterocycles. The van der Waals surface area contributed by atoms with E-state index in [4.69, 9.17) is 4.74 Å². The molecule has 1 heterocycles. The highest BCUT2D eigenvalue weighted by atomic mass is 16.5. The van der Waals surface area contributed by atoms with Crippen molar-refractivity contribution in [2.24, 2.45) is 0 Å². The molecule has 0 fully saturated rings. The van der Waals surface area contributed by atoms with Gasteiger partial charge in [-0.05, 0) is 47.9 Å². The van der Waals surface area contributed by atoms with E-state index in [1.54, 1.807) is 24.0 Å². The summed E-state index contributed by atoms with van der Waals surface area (Å²) in [5, 5.41) is 2.02. The highest BCUT2D eigenvalue weighted by Gasteiger charge is 2.29. The third-order valence-electron chi connectivity index (χ3n) is 4.77. The first-order valence-corrected chi connectivity index (χ1v) is 8.72. The van der Waals surface area contributed by atoms with Gasteiger partial charge in [0, 0.05) is 12.2 Å². The van der Waals surface area contributed by atoms with Crippen molar-refractivity contribution >= 4 is 28.3 Å². The summed E-state index contributed by atoms with van der Waals surface area (Å²) in [4.78, 5) is 26.9. The molecule has 0 bridgehead atoms. The Morgan fingerprint density at radius 3 is 2.54 bits per heavy atom. The lowest BCUT2D eigenvalue weighted by atomic mass is 10.1. The zero-order valence-corrected chi connectivity index (χ0v) is 14.5. The van der Waals surface area contributed by atoms with Crippen molar-refractivity contribution in [3.8, 4) is 0 Å². The lowest BCUT2D eigenvalue weighted by Crippen LogP contribution is -2.39. The number of carbonyl (C=O) groups is 2. The fraction of sp³-hybridized carbons (Fsp3) is 0.182. The van der Waals surface area contributed by atoms with E-state index >= 15 is 0 Å². The molecule has 1 atom stereocenters. The first kappa shape index (κ1) is 16.3. The summed E-state index contributed by atoms with van der Waals surface area (Å²) in [6.45, 7) is 2.25. The first-order chi connectivity index (χ1) is 12.6. The first-order valence-electron chi connectivity index (χ1n) is 8.72. The Morgan fingerprint density at radius 2 is 1.69 bits per heavy atom. The quantitative estimate of drug-likeness (QED) is 0.675. The normalized spacial score (nSPS) is 14.1. The average Bonchev–Trinajstić information content (AvgIpc) is 3.11. The van der Waals surface area contributed by atoms with Crippen LogP contribution < -0.4 is 4.90 Å². The minimum atomic E-state index is -0.833. The van der Waals surface area contributed by atoms with E-state index in [1.807, 2.05) is 54.6 Å². The predicted molar refractivity (Wildman–Crippen MR) is 101 cm³/mol. The molecule has 1 aliphatic rings. The van der Waals surface area contributed by atoms with E-state index in [1.165, 1.54) is 0 Å². The second-order valence-electron chi connectivity index (χ2n) is 6.48. The Bertz CT molecular complexity index is 995. The van der Waals surface area contributed by atoms with Gasteiger partial charge in [0.15, 0.2) is 6.10 Å². The molecule has 4 heteroatoms. The molecule has 0 spiro atoms. The number of benzene rings is 3. The fourth-order valence-corrected chi connectivity index (χ4v) is 3.38. The average molecular weight is 345 g/mol. The summed E-state index contributed by atoms with van der Waals surface area (Å²) < 4.78 is 5.44. The Morgan fingerprint density at radius 1 is 0.962 bits per heavy atom. The predicted octanol–water partition coefficient (Wildman–Crippen LogP) is 3.97. The molecule has 3 aromatic carbocycles. The molecule has 3 aromatic rings. The summed E-state index contributed by atoms with van der Waals surface area (Å²) in [5.74, 6) is -0.673. The largest absolute Gasteiger partial charge is 0.449 e. The zero-order chi connectivity index (χ0) is 18.1. The molecule has 0 saturated carbocycles. The Balaban J connectivity index is 1.49. The second kappa shape index (κ2) is 6.64. The topological polar surface area (TPSA) is 46.6 Å². The smallest absolute Gasteiger partial charge is 0.338 e. The number of esters is 1. The van der Waals surface area contributed by atoms with Crippen LogP contribution in [0, 0.1) is 0 Å². The van der Waals surface area contributed by atoms with Gasteiger partial charge in [-0.15, -0.1) is 0 Å². The van der Waals surface area contributed by atoms with Gasteiger partial charge in [0.1, 0.15) is 0 Å². The van der Waals surface area contributed by atoms with Gasteiger partial charge in [0.05, 0.1) is 5.56 Å². The number of amides is 1. The lowest BCUT2D eigenvalue weighted by molar-refractivity contribution is -0.126. The van der Waals surface area contributed by atoms with E-state index in [2.05, 4.69) is 0 Å². The standard InChI is InChI=1S/C22H19NO3/c1-15(21(24)23-13-12-17-7-4-5-9-20(17)23)26-22(25)19-11-10-16-6-2-3-8-18(16)14-19/h2-11,14-15H,12-13H2,1H3/t15-/m1/s1. The van der Waals surface area contributed by atoms with Crippen molar-refractivity contribution in [3.05, 3.63) is 77.9 Å². The SMILES string of the molecule is C[C@@H](OC(=O)c1ccc2ccccc2c1)C(=O)N1CCc2ccccc21. The van der Waals surface area contributed by atoms with Crippen LogP contribution in [0.4, 0.5) is 5.69 Å². The molecule has 0 N–H and O–H groups in total. The summed E-state index contributed by atoms with van der Waals surface area (Å²) in [5.41, 5.74) is 2.50. The Labute approximate surface area is 152 Å². The molecule has 0 aliphatic carbocycles. The van der Waals surface area contributed by atoms with E-state index in [9.17, 15) is 9.59 Å². The Kier molecular flexibility index (Phi) is 4.17. The van der Waals surface area contributed by atoms with Gasteiger partial charge in [-0.25, -0.2) is 4.79 Å². The van der Waals surface area contributed by atoms with Crippen LogP contribution in [0.2, 0.25) is 0 Å². The highest BCUT2D eigenvalue weighted by Crippen LogP contribution is 2.28. The molecule has 130 valence electrons. The zero-order valence-electron chi connectivity index (χ0n) is 14.5. The number of para-hydroxylation sites is 1. The van der Waals surface area contributed by atoms with E-state index in [0.717, 1.165) is 28.4 Å². The third kappa shape index (κ3) is 2.94. The van der Waals surface area contributed by atoms with Gasteiger partial charge in [-0.2, -0.15) is 0 Å². The maximum absolute atomic E-state index is 12.7. The number of anilines is 1. The number of rotatable bonds is 3. The van der Waals surface area contributed by atoms with Crippen LogP contribution >= 0.6 is 0 Å². The minimum absolute atomic E-state index is 0.191. The van der Waals surface area contributed by atoms with Crippen molar-refractivity contribution in [2.75, 3.05) is 11.4 Å². The number of nitrogens with zero attached hydrogens (tertiary/aromatic N) is 1. The molecule has 26 heavy (non-hydrogen) atoms. The number of ether oxygens (including phenoxy) is 1. The van der Waals surface area contributed by atoms with Crippen LogP contribution in [-0.2, 0) is 16.0 Å². The molecule has 4 rings (SSSR count). The molecular formula is C22H19NO3. The molecule has 0 radical (unpaired) electrons. The lowest BCUT2D eigenvalue weighted by Gasteiger charge is -2.21. The van der Waals surface area contributed by atoms with E-state index in [-0.39, 0.29) is 5.91 Å². The molecule has 1 aliphatic heterocycles. The van der Waals surface area contributed by atoms with Crippen LogP contribution in [0.3, 0.4) is 0 Å². The van der Waals surface area contributed by atoms with Gasteiger partial charge in [-0.3, -0.25) is 4.79 Å². The third-order valence-corrected chi connectivity index (χ3v) is 4.77. The minimum Gasteiger partial charge on any atom is -0.449 e. The van der Waals surface area contributed by atoms with Crippen molar-refractivity contribution < 1.29 is 14.3 Å². The number of fused-ring (bicyclic) bond motifs is 2. The number of carbonyl (C=O) groups excluding carboxylic acids is 2. The maximum Gasteiger partial charge on any atom is 0.338 e. The second-order valence-corrected chi connectivity index (χ2v) is 6.48. The van der Waals surface area contributed by atoms with Gasteiger partial charge in [0.2, 0.25) is 0 Å². The summed E-state index contributed by atoms with van der Waals surface area (Å²) in [6.07, 6.45) is -0.00658. The van der Waals surface area contributed by atoms with Crippen LogP contribution in [0.15, 0.2) is 66.7 Å². The van der Waals surface area contributed by atoms with E-state index in [0.29, 0.717) is 12.1 Å². The maximum atomic E-state index is 12.7. The molecule has 1 amide bonds. The molecule has 0 unspecified atom stereocenters. The van der Waals surface area contributed by atoms with Crippen LogP contribution in [-0.4, -0.2) is 24.5 Å². The van der Waals surface area contributed by atoms with Crippen molar-refractivity contribution in [2.45, 2.75) is 19.4 Å².